The van der Waals surface area contributed by atoms with Gasteiger partial charge in [0, 0.05) is 42.5 Å². The Morgan fingerprint density at radius 1 is 1.10 bits per heavy atom. The van der Waals surface area contributed by atoms with Gasteiger partial charge < -0.3 is 10.0 Å². The Balaban J connectivity index is 1.33. The molecule has 1 amide bonds. The van der Waals surface area contributed by atoms with Crippen LogP contribution in [0, 0.1) is 5.92 Å². The fourth-order valence-corrected chi connectivity index (χ4v) is 4.72. The van der Waals surface area contributed by atoms with Crippen LogP contribution < -0.4 is 0 Å². The standard InChI is InChI=1S/C24H25N3O2/c28-23-15-27(24(29)18-12-17-5-1-3-7-21(17)26-13-18)14-19(23)11-16-9-10-25-22-8-4-2-6-20(16)22/h2,4,6,8-10,12-13,19,23,28H,1,3,5,7,11,14-15H2/t19-,23+/m1/s1. The van der Waals surface area contributed by atoms with Crippen molar-refractivity contribution in [2.24, 2.45) is 5.92 Å². The second-order valence-electron chi connectivity index (χ2n) is 8.27. The topological polar surface area (TPSA) is 66.3 Å². The summed E-state index contributed by atoms with van der Waals surface area (Å²) < 4.78 is 0. The van der Waals surface area contributed by atoms with E-state index in [0.717, 1.165) is 42.3 Å². The second kappa shape index (κ2) is 7.56. The molecule has 1 aliphatic heterocycles. The smallest absolute Gasteiger partial charge is 0.255 e. The zero-order chi connectivity index (χ0) is 19.8. The van der Waals surface area contributed by atoms with Crippen LogP contribution >= 0.6 is 0 Å². The van der Waals surface area contributed by atoms with Gasteiger partial charge in [-0.05, 0) is 61.4 Å². The zero-order valence-electron chi connectivity index (χ0n) is 16.4. The van der Waals surface area contributed by atoms with Crippen LogP contribution in [0.2, 0.25) is 0 Å². The molecule has 0 unspecified atom stereocenters. The molecule has 1 aromatic carbocycles. The van der Waals surface area contributed by atoms with E-state index < -0.39 is 6.10 Å². The van der Waals surface area contributed by atoms with Gasteiger partial charge in [-0.2, -0.15) is 0 Å². The Labute approximate surface area is 170 Å². The molecule has 1 saturated heterocycles. The Kier molecular flexibility index (Phi) is 4.76. The highest BCUT2D eigenvalue weighted by Gasteiger charge is 2.35. The van der Waals surface area contributed by atoms with Crippen molar-refractivity contribution in [1.82, 2.24) is 14.9 Å². The van der Waals surface area contributed by atoms with E-state index >= 15 is 0 Å². The van der Waals surface area contributed by atoms with E-state index in [9.17, 15) is 9.90 Å². The van der Waals surface area contributed by atoms with E-state index in [-0.39, 0.29) is 11.8 Å². The first kappa shape index (κ1) is 18.3. The minimum Gasteiger partial charge on any atom is -0.391 e. The van der Waals surface area contributed by atoms with E-state index in [0.29, 0.717) is 18.7 Å². The van der Waals surface area contributed by atoms with E-state index in [1.54, 1.807) is 11.1 Å². The third kappa shape index (κ3) is 3.51. The summed E-state index contributed by atoms with van der Waals surface area (Å²) in [5, 5.41) is 11.8. The second-order valence-corrected chi connectivity index (χ2v) is 8.27. The summed E-state index contributed by atoms with van der Waals surface area (Å²) in [7, 11) is 0. The molecule has 29 heavy (non-hydrogen) atoms. The quantitative estimate of drug-likeness (QED) is 0.750. The van der Waals surface area contributed by atoms with Crippen molar-refractivity contribution in [2.75, 3.05) is 13.1 Å². The predicted molar refractivity (Wildman–Crippen MR) is 112 cm³/mol. The molecule has 5 heteroatoms. The van der Waals surface area contributed by atoms with Gasteiger partial charge in [0.15, 0.2) is 0 Å². The molecule has 1 N–H and O–H groups in total. The van der Waals surface area contributed by atoms with Crippen LogP contribution in [0.25, 0.3) is 10.9 Å². The van der Waals surface area contributed by atoms with Crippen molar-refractivity contribution in [3.05, 3.63) is 71.2 Å². The Bertz CT molecular complexity index is 1060. The Morgan fingerprint density at radius 2 is 1.97 bits per heavy atom. The van der Waals surface area contributed by atoms with Crippen molar-refractivity contribution >= 4 is 16.8 Å². The highest BCUT2D eigenvalue weighted by molar-refractivity contribution is 5.94. The summed E-state index contributed by atoms with van der Waals surface area (Å²) in [4.78, 5) is 23.8. The number of rotatable bonds is 3. The number of para-hydroxylation sites is 1. The summed E-state index contributed by atoms with van der Waals surface area (Å²) in [6.45, 7) is 0.942. The number of aliphatic hydroxyl groups is 1. The lowest BCUT2D eigenvalue weighted by Crippen LogP contribution is -2.30. The number of hydrogen-bond acceptors (Lipinski definition) is 4. The van der Waals surface area contributed by atoms with Gasteiger partial charge in [0.1, 0.15) is 0 Å². The first-order chi connectivity index (χ1) is 14.2. The molecular weight excluding hydrogens is 362 g/mol. The summed E-state index contributed by atoms with van der Waals surface area (Å²) in [6.07, 6.45) is 8.10. The number of fused-ring (bicyclic) bond motifs is 2. The van der Waals surface area contributed by atoms with Crippen LogP contribution in [0.4, 0.5) is 0 Å². The fraction of sp³-hybridized carbons (Fsp3) is 0.375. The number of β-amino-alcohol motifs (C(OH)–C–C–N with tert-alkyl or cyclic N) is 1. The molecule has 5 nitrogen and oxygen atoms in total. The third-order valence-corrected chi connectivity index (χ3v) is 6.33. The average molecular weight is 387 g/mol. The van der Waals surface area contributed by atoms with Crippen LogP contribution in [0.5, 0.6) is 0 Å². The van der Waals surface area contributed by atoms with Crippen LogP contribution in [0.1, 0.15) is 40.0 Å². The SMILES string of the molecule is O=C(c1cnc2c(c1)CCCC2)N1C[C@@H](Cc2ccnc3ccccc23)[C@@H](O)C1. The number of carbonyl (C=O) groups excluding carboxylic acids is 1. The molecule has 0 bridgehead atoms. The number of amides is 1. The largest absolute Gasteiger partial charge is 0.391 e. The van der Waals surface area contributed by atoms with Gasteiger partial charge >= 0.3 is 0 Å². The molecule has 1 fully saturated rings. The Morgan fingerprint density at radius 3 is 2.90 bits per heavy atom. The summed E-state index contributed by atoms with van der Waals surface area (Å²) >= 11 is 0. The molecule has 2 aromatic heterocycles. The maximum absolute atomic E-state index is 13.1. The maximum atomic E-state index is 13.1. The van der Waals surface area contributed by atoms with Crippen LogP contribution in [0.3, 0.4) is 0 Å². The van der Waals surface area contributed by atoms with E-state index in [1.807, 2.05) is 36.5 Å². The molecule has 0 saturated carbocycles. The van der Waals surface area contributed by atoms with Gasteiger partial charge in [-0.15, -0.1) is 0 Å². The van der Waals surface area contributed by atoms with Gasteiger partial charge in [-0.1, -0.05) is 18.2 Å². The number of pyridine rings is 2. The number of aromatic nitrogens is 2. The monoisotopic (exact) mass is 387 g/mol. The van der Waals surface area contributed by atoms with Crippen molar-refractivity contribution in [3.63, 3.8) is 0 Å². The number of carbonyl (C=O) groups is 1. The normalized spacial score (nSPS) is 21.3. The van der Waals surface area contributed by atoms with Crippen molar-refractivity contribution < 1.29 is 9.90 Å². The predicted octanol–water partition coefficient (Wildman–Crippen LogP) is 3.18. The van der Waals surface area contributed by atoms with Gasteiger partial charge in [0.05, 0.1) is 17.2 Å². The minimum atomic E-state index is -0.517. The number of aliphatic hydroxyl groups excluding tert-OH is 1. The molecule has 3 heterocycles. The zero-order valence-corrected chi connectivity index (χ0v) is 16.4. The van der Waals surface area contributed by atoms with Gasteiger partial charge in [0.2, 0.25) is 0 Å². The van der Waals surface area contributed by atoms with Crippen molar-refractivity contribution in [3.8, 4) is 0 Å². The number of aryl methyl sites for hydroxylation is 2. The van der Waals surface area contributed by atoms with Gasteiger partial charge in [-0.25, -0.2) is 0 Å². The first-order valence-electron chi connectivity index (χ1n) is 10.5. The third-order valence-electron chi connectivity index (χ3n) is 6.33. The van der Waals surface area contributed by atoms with Crippen LogP contribution in [-0.4, -0.2) is 45.1 Å². The lowest BCUT2D eigenvalue weighted by Gasteiger charge is -2.19. The lowest BCUT2D eigenvalue weighted by atomic mass is 9.94. The molecule has 5 rings (SSSR count). The average Bonchev–Trinajstić information content (AvgIpc) is 3.13. The molecule has 2 aliphatic rings. The van der Waals surface area contributed by atoms with E-state index in [4.69, 9.17) is 0 Å². The van der Waals surface area contributed by atoms with Gasteiger partial charge in [0.25, 0.3) is 5.91 Å². The molecule has 148 valence electrons. The van der Waals surface area contributed by atoms with Crippen molar-refractivity contribution in [2.45, 2.75) is 38.2 Å². The molecular formula is C24H25N3O2. The number of nitrogens with zero attached hydrogens (tertiary/aromatic N) is 3. The maximum Gasteiger partial charge on any atom is 0.255 e. The molecule has 0 spiro atoms. The molecule has 1 aliphatic carbocycles. The minimum absolute atomic E-state index is 0.0213. The van der Waals surface area contributed by atoms with E-state index in [2.05, 4.69) is 16.0 Å². The highest BCUT2D eigenvalue weighted by atomic mass is 16.3. The number of hydrogen-bond donors (Lipinski definition) is 1. The summed E-state index contributed by atoms with van der Waals surface area (Å²) in [6, 6.07) is 12.1. The summed E-state index contributed by atoms with van der Waals surface area (Å²) in [5.74, 6) is 0.00218. The molecule has 3 aromatic rings. The highest BCUT2D eigenvalue weighted by Crippen LogP contribution is 2.27. The van der Waals surface area contributed by atoms with Crippen LogP contribution in [-0.2, 0) is 19.3 Å². The molecule has 0 radical (unpaired) electrons. The lowest BCUT2D eigenvalue weighted by molar-refractivity contribution is 0.0764. The van der Waals surface area contributed by atoms with E-state index in [1.165, 1.54) is 17.5 Å². The summed E-state index contributed by atoms with van der Waals surface area (Å²) in [5.41, 5.74) is 5.13. The first-order valence-corrected chi connectivity index (χ1v) is 10.5. The number of benzene rings is 1. The van der Waals surface area contributed by atoms with Gasteiger partial charge in [-0.3, -0.25) is 14.8 Å². The molecule has 2 atom stereocenters. The van der Waals surface area contributed by atoms with Crippen LogP contribution in [0.15, 0.2) is 48.8 Å². The Hall–Kier alpha value is -2.79. The number of likely N-dealkylation sites (tertiary alicyclic amines) is 1. The fourth-order valence-electron chi connectivity index (χ4n) is 4.72. The van der Waals surface area contributed by atoms with Crippen molar-refractivity contribution in [1.29, 1.82) is 0 Å².